The Labute approximate surface area is 125 Å². The number of carbonyl (C=O) groups excluding carboxylic acids is 1. The maximum absolute atomic E-state index is 13.0. The highest BCUT2D eigenvalue weighted by Gasteiger charge is 2.30. The first-order valence-corrected chi connectivity index (χ1v) is 6.54. The molecule has 2 aromatic carbocycles. The number of carbonyl (C=O) groups is 1. The Morgan fingerprint density at radius 3 is 2.10 bits per heavy atom. The Balaban J connectivity index is 2.34. The Bertz CT molecular complexity index is 647. The summed E-state index contributed by atoms with van der Waals surface area (Å²) in [6.07, 6.45) is -4.44. The fourth-order valence-electron chi connectivity index (χ4n) is 1.64. The fourth-order valence-corrected chi connectivity index (χ4v) is 2.36. The number of hydrogen-bond donors (Lipinski definition) is 0. The predicted molar refractivity (Wildman–Crippen MR) is 74.0 cm³/mol. The van der Waals surface area contributed by atoms with Crippen molar-refractivity contribution in [3.05, 3.63) is 68.5 Å². The van der Waals surface area contributed by atoms with E-state index in [4.69, 9.17) is 0 Å². The minimum absolute atomic E-state index is 0.127. The lowest BCUT2D eigenvalue weighted by atomic mass is 10.0. The Morgan fingerprint density at radius 1 is 1.00 bits per heavy atom. The molecule has 0 N–H and O–H groups in total. The molecule has 0 aliphatic rings. The lowest BCUT2D eigenvalue weighted by molar-refractivity contribution is -0.137. The van der Waals surface area contributed by atoms with Gasteiger partial charge in [-0.3, -0.25) is 4.79 Å². The van der Waals surface area contributed by atoms with Crippen molar-refractivity contribution in [1.82, 2.24) is 0 Å². The minimum Gasteiger partial charge on any atom is -0.289 e. The van der Waals surface area contributed by atoms with Gasteiger partial charge in [-0.1, -0.05) is 12.1 Å². The molecule has 0 aliphatic heterocycles. The molecule has 0 radical (unpaired) electrons. The summed E-state index contributed by atoms with van der Waals surface area (Å²) >= 11 is 1.81. The second-order valence-electron chi connectivity index (χ2n) is 4.03. The van der Waals surface area contributed by atoms with Crippen molar-refractivity contribution in [2.24, 2.45) is 0 Å². The molecule has 0 spiro atoms. The molecule has 0 unspecified atom stereocenters. The highest BCUT2D eigenvalue weighted by Crippen LogP contribution is 2.29. The third-order valence-electron chi connectivity index (χ3n) is 2.65. The molecular formula is C14H7F4IO. The van der Waals surface area contributed by atoms with E-state index in [9.17, 15) is 22.4 Å². The molecule has 1 nitrogen and oxygen atoms in total. The SMILES string of the molecule is O=C(c1ccc(C(F)(F)F)cc1)c1ccc(F)cc1I. The topological polar surface area (TPSA) is 17.1 Å². The average Bonchev–Trinajstić information content (AvgIpc) is 2.37. The third kappa shape index (κ3) is 3.17. The van der Waals surface area contributed by atoms with E-state index in [-0.39, 0.29) is 11.1 Å². The van der Waals surface area contributed by atoms with Gasteiger partial charge in [0, 0.05) is 14.7 Å². The van der Waals surface area contributed by atoms with E-state index >= 15 is 0 Å². The first kappa shape index (κ1) is 15.0. The molecule has 0 saturated carbocycles. The van der Waals surface area contributed by atoms with Crippen LogP contribution in [0.3, 0.4) is 0 Å². The van der Waals surface area contributed by atoms with Crippen molar-refractivity contribution in [3.63, 3.8) is 0 Å². The lowest BCUT2D eigenvalue weighted by Crippen LogP contribution is -2.07. The van der Waals surface area contributed by atoms with Crippen molar-refractivity contribution in [2.45, 2.75) is 6.18 Å². The van der Waals surface area contributed by atoms with E-state index in [2.05, 4.69) is 0 Å². The van der Waals surface area contributed by atoms with Crippen molar-refractivity contribution in [2.75, 3.05) is 0 Å². The van der Waals surface area contributed by atoms with Crippen molar-refractivity contribution >= 4 is 28.4 Å². The number of halogens is 5. The van der Waals surface area contributed by atoms with Crippen LogP contribution in [-0.4, -0.2) is 5.78 Å². The monoisotopic (exact) mass is 394 g/mol. The Kier molecular flexibility index (Phi) is 4.12. The van der Waals surface area contributed by atoms with Gasteiger partial charge in [0.2, 0.25) is 0 Å². The van der Waals surface area contributed by atoms with Gasteiger partial charge in [-0.25, -0.2) is 4.39 Å². The fraction of sp³-hybridized carbons (Fsp3) is 0.0714. The van der Waals surface area contributed by atoms with E-state index in [0.29, 0.717) is 3.57 Å². The largest absolute Gasteiger partial charge is 0.416 e. The van der Waals surface area contributed by atoms with Crippen LogP contribution in [-0.2, 0) is 6.18 Å². The zero-order valence-corrected chi connectivity index (χ0v) is 12.0. The summed E-state index contributed by atoms with van der Waals surface area (Å²) in [4.78, 5) is 12.1. The minimum atomic E-state index is -4.44. The predicted octanol–water partition coefficient (Wildman–Crippen LogP) is 4.68. The summed E-state index contributed by atoms with van der Waals surface area (Å²) in [5.41, 5.74) is -0.433. The standard InChI is InChI=1S/C14H7F4IO/c15-10-5-6-11(12(19)7-10)13(20)8-1-3-9(4-2-8)14(16,17)18/h1-7H. The second kappa shape index (κ2) is 5.51. The molecular weight excluding hydrogens is 387 g/mol. The third-order valence-corrected chi connectivity index (χ3v) is 3.54. The number of benzene rings is 2. The van der Waals surface area contributed by atoms with Gasteiger partial charge >= 0.3 is 6.18 Å². The first-order valence-electron chi connectivity index (χ1n) is 5.46. The molecule has 0 atom stereocenters. The maximum atomic E-state index is 13.0. The molecule has 104 valence electrons. The molecule has 0 aliphatic carbocycles. The van der Waals surface area contributed by atoms with Crippen molar-refractivity contribution in [3.8, 4) is 0 Å². The van der Waals surface area contributed by atoms with Crippen LogP contribution in [0.4, 0.5) is 17.6 Å². The molecule has 2 aromatic rings. The molecule has 0 saturated heterocycles. The number of alkyl halides is 3. The van der Waals surface area contributed by atoms with E-state index in [1.807, 2.05) is 0 Å². The van der Waals surface area contributed by atoms with E-state index in [0.717, 1.165) is 30.3 Å². The zero-order chi connectivity index (χ0) is 14.9. The summed E-state index contributed by atoms with van der Waals surface area (Å²) < 4.78 is 50.6. The van der Waals surface area contributed by atoms with E-state index < -0.39 is 23.3 Å². The molecule has 0 bridgehead atoms. The smallest absolute Gasteiger partial charge is 0.289 e. The molecule has 0 heterocycles. The zero-order valence-electron chi connectivity index (χ0n) is 9.84. The van der Waals surface area contributed by atoms with Gasteiger partial charge in [0.15, 0.2) is 5.78 Å². The summed E-state index contributed by atoms with van der Waals surface area (Å²) in [6, 6.07) is 7.58. The molecule has 20 heavy (non-hydrogen) atoms. The molecule has 2 rings (SSSR count). The Morgan fingerprint density at radius 2 is 1.60 bits per heavy atom. The van der Waals surface area contributed by atoms with Crippen LogP contribution in [0.1, 0.15) is 21.5 Å². The van der Waals surface area contributed by atoms with Crippen LogP contribution in [0.2, 0.25) is 0 Å². The summed E-state index contributed by atoms with van der Waals surface area (Å²) in [7, 11) is 0. The highest BCUT2D eigenvalue weighted by atomic mass is 127. The van der Waals surface area contributed by atoms with Crippen LogP contribution in [0.15, 0.2) is 42.5 Å². The number of rotatable bonds is 2. The van der Waals surface area contributed by atoms with Crippen molar-refractivity contribution < 1.29 is 22.4 Å². The van der Waals surface area contributed by atoms with Crippen LogP contribution >= 0.6 is 22.6 Å². The van der Waals surface area contributed by atoms with Gasteiger partial charge in [0.25, 0.3) is 0 Å². The lowest BCUT2D eigenvalue weighted by Gasteiger charge is -2.08. The van der Waals surface area contributed by atoms with Gasteiger partial charge in [-0.2, -0.15) is 13.2 Å². The van der Waals surface area contributed by atoms with Gasteiger partial charge in [-0.15, -0.1) is 0 Å². The van der Waals surface area contributed by atoms with Gasteiger partial charge in [-0.05, 0) is 52.9 Å². The summed E-state index contributed by atoms with van der Waals surface area (Å²) in [5, 5.41) is 0. The number of hydrogen-bond acceptors (Lipinski definition) is 1. The normalized spacial score (nSPS) is 11.4. The summed E-state index contributed by atoms with van der Waals surface area (Å²) in [6.45, 7) is 0. The molecule has 0 amide bonds. The average molecular weight is 394 g/mol. The molecule has 0 fully saturated rings. The van der Waals surface area contributed by atoms with E-state index in [1.165, 1.54) is 12.1 Å². The van der Waals surface area contributed by atoms with Crippen LogP contribution in [0.25, 0.3) is 0 Å². The molecule has 6 heteroatoms. The number of ketones is 1. The van der Waals surface area contributed by atoms with Crippen molar-refractivity contribution in [1.29, 1.82) is 0 Å². The van der Waals surface area contributed by atoms with Crippen LogP contribution in [0.5, 0.6) is 0 Å². The van der Waals surface area contributed by atoms with Crippen LogP contribution < -0.4 is 0 Å². The summed E-state index contributed by atoms with van der Waals surface area (Å²) in [5.74, 6) is -0.915. The first-order chi connectivity index (χ1) is 9.29. The van der Waals surface area contributed by atoms with E-state index in [1.54, 1.807) is 22.6 Å². The maximum Gasteiger partial charge on any atom is 0.416 e. The second-order valence-corrected chi connectivity index (χ2v) is 5.19. The van der Waals surface area contributed by atoms with Gasteiger partial charge < -0.3 is 0 Å². The van der Waals surface area contributed by atoms with Gasteiger partial charge in [0.1, 0.15) is 5.82 Å². The quantitative estimate of drug-likeness (QED) is 0.411. The molecule has 0 aromatic heterocycles. The Hall–Kier alpha value is -1.44. The highest BCUT2D eigenvalue weighted by molar-refractivity contribution is 14.1. The van der Waals surface area contributed by atoms with Gasteiger partial charge in [0.05, 0.1) is 5.56 Å². The van der Waals surface area contributed by atoms with Crippen LogP contribution in [0, 0.1) is 9.39 Å².